The van der Waals surface area contributed by atoms with Gasteiger partial charge in [0.15, 0.2) is 17.8 Å². The van der Waals surface area contributed by atoms with Gasteiger partial charge in [0, 0.05) is 5.56 Å². The van der Waals surface area contributed by atoms with Gasteiger partial charge in [0.1, 0.15) is 5.76 Å². The Balaban J connectivity index is 2.51. The summed E-state index contributed by atoms with van der Waals surface area (Å²) >= 11 is 0. The topological polar surface area (TPSA) is 47.3 Å². The third kappa shape index (κ3) is 2.04. The maximum Gasteiger partial charge on any atom is 0.197 e. The molecule has 2 rings (SSSR count). The fourth-order valence-corrected chi connectivity index (χ4v) is 1.77. The molecule has 1 aromatic carbocycles. The van der Waals surface area contributed by atoms with Crippen LogP contribution in [0.15, 0.2) is 34.7 Å². The van der Waals surface area contributed by atoms with Crippen molar-refractivity contribution in [1.29, 1.82) is 0 Å². The lowest BCUT2D eigenvalue weighted by molar-refractivity contribution is 0.102. The van der Waals surface area contributed by atoms with Gasteiger partial charge in [-0.25, -0.2) is 0 Å². The standard InChI is InChI=1S/C14H12O3/c1-9-5-3-4-6-11(9)14(16)12-7-10(2)17-13(12)8-15/h3-8H,1-2H3. The lowest BCUT2D eigenvalue weighted by Gasteiger charge is -2.02. The highest BCUT2D eigenvalue weighted by Gasteiger charge is 2.18. The molecular formula is C14H12O3. The molecule has 3 heteroatoms. The van der Waals surface area contributed by atoms with Crippen LogP contribution in [0.25, 0.3) is 0 Å². The van der Waals surface area contributed by atoms with Gasteiger partial charge >= 0.3 is 0 Å². The van der Waals surface area contributed by atoms with Crippen molar-refractivity contribution in [3.63, 3.8) is 0 Å². The molecule has 0 bridgehead atoms. The molecule has 2 aromatic rings. The number of ketones is 1. The number of hydrogen-bond donors (Lipinski definition) is 0. The molecular weight excluding hydrogens is 216 g/mol. The van der Waals surface area contributed by atoms with Crippen LogP contribution in [0.1, 0.15) is 37.8 Å². The number of hydrogen-bond acceptors (Lipinski definition) is 3. The Morgan fingerprint density at radius 1 is 1.18 bits per heavy atom. The Hall–Kier alpha value is -2.16. The van der Waals surface area contributed by atoms with Gasteiger partial charge in [-0.1, -0.05) is 24.3 Å². The summed E-state index contributed by atoms with van der Waals surface area (Å²) in [5, 5.41) is 0. The third-order valence-electron chi connectivity index (χ3n) is 2.63. The Morgan fingerprint density at radius 2 is 1.88 bits per heavy atom. The number of benzene rings is 1. The summed E-state index contributed by atoms with van der Waals surface area (Å²) in [5.74, 6) is 0.474. The predicted molar refractivity (Wildman–Crippen MR) is 63.4 cm³/mol. The molecule has 0 aliphatic rings. The minimum Gasteiger partial charge on any atom is -0.458 e. The first-order chi connectivity index (χ1) is 8.13. The largest absolute Gasteiger partial charge is 0.458 e. The van der Waals surface area contributed by atoms with Crippen molar-refractivity contribution in [2.24, 2.45) is 0 Å². The van der Waals surface area contributed by atoms with Crippen LogP contribution in [0.4, 0.5) is 0 Å². The Bertz CT molecular complexity index is 579. The van der Waals surface area contributed by atoms with Crippen LogP contribution in [0.3, 0.4) is 0 Å². The van der Waals surface area contributed by atoms with Gasteiger partial charge in [-0.3, -0.25) is 9.59 Å². The van der Waals surface area contributed by atoms with Crippen LogP contribution >= 0.6 is 0 Å². The van der Waals surface area contributed by atoms with Crippen LogP contribution in [-0.2, 0) is 0 Å². The van der Waals surface area contributed by atoms with Gasteiger partial charge in [0.25, 0.3) is 0 Å². The predicted octanol–water partition coefficient (Wildman–Crippen LogP) is 2.94. The molecule has 1 heterocycles. The summed E-state index contributed by atoms with van der Waals surface area (Å²) in [6.45, 7) is 3.57. The molecule has 0 radical (unpaired) electrons. The summed E-state index contributed by atoms with van der Waals surface area (Å²) in [7, 11) is 0. The lowest BCUT2D eigenvalue weighted by Crippen LogP contribution is -2.04. The minimum atomic E-state index is -0.179. The van der Waals surface area contributed by atoms with E-state index in [1.54, 1.807) is 25.1 Å². The number of rotatable bonds is 3. The monoisotopic (exact) mass is 228 g/mol. The van der Waals surface area contributed by atoms with Gasteiger partial charge in [-0.05, 0) is 25.5 Å². The first-order valence-electron chi connectivity index (χ1n) is 5.29. The van der Waals surface area contributed by atoms with E-state index in [4.69, 9.17) is 4.42 Å². The zero-order valence-corrected chi connectivity index (χ0v) is 9.69. The maximum atomic E-state index is 12.2. The van der Waals surface area contributed by atoms with Crippen molar-refractivity contribution in [1.82, 2.24) is 0 Å². The van der Waals surface area contributed by atoms with E-state index in [-0.39, 0.29) is 11.5 Å². The molecule has 17 heavy (non-hydrogen) atoms. The zero-order valence-electron chi connectivity index (χ0n) is 9.69. The van der Waals surface area contributed by atoms with E-state index in [2.05, 4.69) is 0 Å². The average Bonchev–Trinajstić information content (AvgIpc) is 2.70. The molecule has 0 N–H and O–H groups in total. The van der Waals surface area contributed by atoms with Crippen LogP contribution in [-0.4, -0.2) is 12.1 Å². The lowest BCUT2D eigenvalue weighted by atomic mass is 9.99. The number of carbonyl (C=O) groups is 2. The summed E-state index contributed by atoms with van der Waals surface area (Å²) in [5.41, 5.74) is 1.80. The normalized spacial score (nSPS) is 10.2. The Labute approximate surface area is 99.1 Å². The van der Waals surface area contributed by atoms with Crippen molar-refractivity contribution in [2.75, 3.05) is 0 Å². The van der Waals surface area contributed by atoms with E-state index >= 15 is 0 Å². The van der Waals surface area contributed by atoms with Crippen molar-refractivity contribution < 1.29 is 14.0 Å². The van der Waals surface area contributed by atoms with Gasteiger partial charge in [0.2, 0.25) is 0 Å². The number of aldehydes is 1. The van der Waals surface area contributed by atoms with Crippen molar-refractivity contribution in [3.05, 3.63) is 58.5 Å². The maximum absolute atomic E-state index is 12.2. The van der Waals surface area contributed by atoms with E-state index in [0.29, 0.717) is 23.2 Å². The molecule has 0 fully saturated rings. The van der Waals surface area contributed by atoms with Crippen molar-refractivity contribution in [3.8, 4) is 0 Å². The number of furan rings is 1. The van der Waals surface area contributed by atoms with Gasteiger partial charge in [-0.15, -0.1) is 0 Å². The van der Waals surface area contributed by atoms with Crippen LogP contribution in [0.2, 0.25) is 0 Å². The summed E-state index contributed by atoms with van der Waals surface area (Å²) in [6.07, 6.45) is 0.568. The molecule has 0 aliphatic carbocycles. The fraction of sp³-hybridized carbons (Fsp3) is 0.143. The third-order valence-corrected chi connectivity index (χ3v) is 2.63. The Morgan fingerprint density at radius 3 is 2.53 bits per heavy atom. The highest BCUT2D eigenvalue weighted by Crippen LogP contribution is 2.19. The van der Waals surface area contributed by atoms with Crippen LogP contribution in [0, 0.1) is 13.8 Å². The molecule has 0 unspecified atom stereocenters. The van der Waals surface area contributed by atoms with E-state index in [9.17, 15) is 9.59 Å². The second kappa shape index (κ2) is 4.37. The second-order valence-electron chi connectivity index (χ2n) is 3.90. The molecule has 86 valence electrons. The summed E-state index contributed by atoms with van der Waals surface area (Å²) < 4.78 is 5.16. The van der Waals surface area contributed by atoms with Crippen molar-refractivity contribution >= 4 is 12.1 Å². The van der Waals surface area contributed by atoms with Crippen molar-refractivity contribution in [2.45, 2.75) is 13.8 Å². The van der Waals surface area contributed by atoms with E-state index in [0.717, 1.165) is 5.56 Å². The SMILES string of the molecule is Cc1cc(C(=O)c2ccccc2C)c(C=O)o1. The number of carbonyl (C=O) groups excluding carboxylic acids is 2. The summed E-state index contributed by atoms with van der Waals surface area (Å²) in [6, 6.07) is 8.87. The first kappa shape index (κ1) is 11.3. The Kier molecular flexibility index (Phi) is 2.91. The quantitative estimate of drug-likeness (QED) is 0.599. The minimum absolute atomic E-state index is 0.0933. The van der Waals surface area contributed by atoms with E-state index < -0.39 is 0 Å². The fourth-order valence-electron chi connectivity index (χ4n) is 1.77. The average molecular weight is 228 g/mol. The highest BCUT2D eigenvalue weighted by molar-refractivity contribution is 6.12. The van der Waals surface area contributed by atoms with Crippen LogP contribution in [0.5, 0.6) is 0 Å². The van der Waals surface area contributed by atoms with Gasteiger partial charge < -0.3 is 4.42 Å². The smallest absolute Gasteiger partial charge is 0.197 e. The number of aryl methyl sites for hydroxylation is 2. The second-order valence-corrected chi connectivity index (χ2v) is 3.90. The first-order valence-corrected chi connectivity index (χ1v) is 5.29. The van der Waals surface area contributed by atoms with E-state index in [1.807, 2.05) is 19.1 Å². The molecule has 0 saturated heterocycles. The molecule has 1 aromatic heterocycles. The molecule has 0 spiro atoms. The van der Waals surface area contributed by atoms with E-state index in [1.165, 1.54) is 0 Å². The molecule has 0 aliphatic heterocycles. The highest BCUT2D eigenvalue weighted by atomic mass is 16.3. The molecule has 0 amide bonds. The molecule has 3 nitrogen and oxygen atoms in total. The van der Waals surface area contributed by atoms with Gasteiger partial charge in [0.05, 0.1) is 5.56 Å². The summed E-state index contributed by atoms with van der Waals surface area (Å²) in [4.78, 5) is 23.1. The molecule has 0 saturated carbocycles. The van der Waals surface area contributed by atoms with Gasteiger partial charge in [-0.2, -0.15) is 0 Å². The van der Waals surface area contributed by atoms with Crippen LogP contribution < -0.4 is 0 Å². The molecule has 0 atom stereocenters. The zero-order chi connectivity index (χ0) is 12.4.